The van der Waals surface area contributed by atoms with Crippen molar-refractivity contribution < 1.29 is 18.3 Å². The molecule has 1 saturated heterocycles. The maximum Gasteiger partial charge on any atom is 0.356 e. The summed E-state index contributed by atoms with van der Waals surface area (Å²) < 4.78 is 23.3. The standard InChI is InChI=1S/C7H8N2O4S/c10-7(11)6-1-9(4-8-6)5-2-14(12,13)3-5/h1,4-5H,2-3H2,(H,10,11). The van der Waals surface area contributed by atoms with Crippen molar-refractivity contribution in [3.05, 3.63) is 18.2 Å². The maximum absolute atomic E-state index is 10.9. The van der Waals surface area contributed by atoms with Crippen LogP contribution in [0.5, 0.6) is 0 Å². The van der Waals surface area contributed by atoms with Crippen LogP contribution in [0.4, 0.5) is 0 Å². The summed E-state index contributed by atoms with van der Waals surface area (Å²) in [6.45, 7) is 0. The molecule has 1 aromatic heterocycles. The number of carbonyl (C=O) groups is 1. The first-order valence-corrected chi connectivity index (χ1v) is 5.77. The number of carboxylic acid groups (broad SMARTS) is 1. The van der Waals surface area contributed by atoms with Crippen LogP contribution < -0.4 is 0 Å². The summed E-state index contributed by atoms with van der Waals surface area (Å²) in [5.74, 6) is -0.962. The smallest absolute Gasteiger partial charge is 0.356 e. The number of rotatable bonds is 2. The van der Waals surface area contributed by atoms with Crippen LogP contribution in [0.1, 0.15) is 16.5 Å². The van der Waals surface area contributed by atoms with E-state index >= 15 is 0 Å². The van der Waals surface area contributed by atoms with Crippen molar-refractivity contribution in [1.82, 2.24) is 9.55 Å². The highest BCUT2D eigenvalue weighted by molar-refractivity contribution is 7.92. The largest absolute Gasteiger partial charge is 0.476 e. The Labute approximate surface area is 80.1 Å². The topological polar surface area (TPSA) is 89.3 Å². The number of aromatic carboxylic acids is 1. The van der Waals surface area contributed by atoms with Crippen molar-refractivity contribution in [2.24, 2.45) is 0 Å². The fraction of sp³-hybridized carbons (Fsp3) is 0.429. The number of imidazole rings is 1. The van der Waals surface area contributed by atoms with E-state index in [2.05, 4.69) is 4.98 Å². The Morgan fingerprint density at radius 3 is 2.64 bits per heavy atom. The molecule has 0 saturated carbocycles. The first-order chi connectivity index (χ1) is 6.48. The van der Waals surface area contributed by atoms with Gasteiger partial charge in [0.2, 0.25) is 0 Å². The summed E-state index contributed by atoms with van der Waals surface area (Å²) >= 11 is 0. The van der Waals surface area contributed by atoms with E-state index in [9.17, 15) is 13.2 Å². The first-order valence-electron chi connectivity index (χ1n) is 3.95. The zero-order chi connectivity index (χ0) is 10.3. The summed E-state index contributed by atoms with van der Waals surface area (Å²) in [7, 11) is -2.89. The van der Waals surface area contributed by atoms with Crippen molar-refractivity contribution >= 4 is 15.8 Å². The lowest BCUT2D eigenvalue weighted by Crippen LogP contribution is -2.37. The Kier molecular flexibility index (Phi) is 1.84. The van der Waals surface area contributed by atoms with Gasteiger partial charge in [-0.05, 0) is 0 Å². The molecule has 1 fully saturated rings. The van der Waals surface area contributed by atoms with E-state index in [1.807, 2.05) is 0 Å². The molecule has 0 unspecified atom stereocenters. The molecule has 0 aromatic carbocycles. The monoisotopic (exact) mass is 216 g/mol. The molecule has 2 heterocycles. The van der Waals surface area contributed by atoms with Crippen molar-refractivity contribution in [3.8, 4) is 0 Å². The van der Waals surface area contributed by atoms with Crippen molar-refractivity contribution in [2.75, 3.05) is 11.5 Å². The van der Waals surface area contributed by atoms with Gasteiger partial charge in [-0.15, -0.1) is 0 Å². The average molecular weight is 216 g/mol. The summed E-state index contributed by atoms with van der Waals surface area (Å²) in [6.07, 6.45) is 2.70. The molecule has 1 aromatic rings. The second-order valence-corrected chi connectivity index (χ2v) is 5.40. The molecule has 1 aliphatic rings. The predicted octanol–water partition coefficient (Wildman–Crippen LogP) is -0.449. The minimum absolute atomic E-state index is 0.0608. The SMILES string of the molecule is O=C(O)c1cn(C2CS(=O)(=O)C2)cn1. The minimum Gasteiger partial charge on any atom is -0.476 e. The van der Waals surface area contributed by atoms with E-state index in [1.165, 1.54) is 17.1 Å². The van der Waals surface area contributed by atoms with Gasteiger partial charge in [-0.25, -0.2) is 18.2 Å². The highest BCUT2D eigenvalue weighted by Crippen LogP contribution is 2.23. The summed E-state index contributed by atoms with van der Waals surface area (Å²) in [5, 5.41) is 8.58. The van der Waals surface area contributed by atoms with Gasteiger partial charge in [0.25, 0.3) is 0 Å². The van der Waals surface area contributed by atoms with Crippen LogP contribution in [0, 0.1) is 0 Å². The van der Waals surface area contributed by atoms with Crippen LogP contribution in [0.25, 0.3) is 0 Å². The van der Waals surface area contributed by atoms with Gasteiger partial charge in [-0.2, -0.15) is 0 Å². The lowest BCUT2D eigenvalue weighted by molar-refractivity contribution is 0.0691. The van der Waals surface area contributed by atoms with Crippen molar-refractivity contribution in [3.63, 3.8) is 0 Å². The van der Waals surface area contributed by atoms with E-state index < -0.39 is 15.8 Å². The van der Waals surface area contributed by atoms with Crippen LogP contribution in [0.3, 0.4) is 0 Å². The normalized spacial score (nSPS) is 20.3. The molecule has 0 amide bonds. The molecule has 1 aliphatic heterocycles. The second-order valence-electron chi connectivity index (χ2n) is 3.24. The number of nitrogens with zero attached hydrogens (tertiary/aromatic N) is 2. The first kappa shape index (κ1) is 9.20. The van der Waals surface area contributed by atoms with E-state index in [1.54, 1.807) is 0 Å². The molecule has 7 heteroatoms. The molecular weight excluding hydrogens is 208 g/mol. The summed E-state index contributed by atoms with van der Waals surface area (Å²) in [6, 6.07) is -0.152. The van der Waals surface area contributed by atoms with Gasteiger partial charge >= 0.3 is 5.97 Å². The lowest BCUT2D eigenvalue weighted by Gasteiger charge is -2.26. The van der Waals surface area contributed by atoms with E-state index in [-0.39, 0.29) is 23.2 Å². The van der Waals surface area contributed by atoms with Gasteiger partial charge in [0.1, 0.15) is 0 Å². The van der Waals surface area contributed by atoms with Crippen molar-refractivity contribution in [2.45, 2.75) is 6.04 Å². The van der Waals surface area contributed by atoms with Crippen LogP contribution in [-0.2, 0) is 9.84 Å². The van der Waals surface area contributed by atoms with Gasteiger partial charge in [0.05, 0.1) is 23.9 Å². The Hall–Kier alpha value is -1.37. The van der Waals surface area contributed by atoms with Crippen LogP contribution >= 0.6 is 0 Å². The Morgan fingerprint density at radius 1 is 1.57 bits per heavy atom. The average Bonchev–Trinajstić information content (AvgIpc) is 2.47. The quantitative estimate of drug-likeness (QED) is 0.723. The molecule has 2 rings (SSSR count). The zero-order valence-corrected chi connectivity index (χ0v) is 7.94. The third-order valence-corrected chi connectivity index (χ3v) is 3.92. The zero-order valence-electron chi connectivity index (χ0n) is 7.12. The second kappa shape index (κ2) is 2.81. The number of sulfone groups is 1. The van der Waals surface area contributed by atoms with E-state index in [0.29, 0.717) is 0 Å². The van der Waals surface area contributed by atoms with Gasteiger partial charge in [-0.1, -0.05) is 0 Å². The van der Waals surface area contributed by atoms with E-state index in [0.717, 1.165) is 0 Å². The molecule has 76 valence electrons. The Morgan fingerprint density at radius 2 is 2.21 bits per heavy atom. The third kappa shape index (κ3) is 1.50. The Bertz CT molecular complexity index is 464. The van der Waals surface area contributed by atoms with Crippen LogP contribution in [-0.4, -0.2) is 40.6 Å². The predicted molar refractivity (Wildman–Crippen MR) is 46.9 cm³/mol. The third-order valence-electron chi connectivity index (χ3n) is 2.13. The highest BCUT2D eigenvalue weighted by Gasteiger charge is 2.34. The summed E-state index contributed by atoms with van der Waals surface area (Å²) in [5.41, 5.74) is -0.0608. The highest BCUT2D eigenvalue weighted by atomic mass is 32.2. The van der Waals surface area contributed by atoms with Crippen LogP contribution in [0.2, 0.25) is 0 Å². The molecule has 6 nitrogen and oxygen atoms in total. The fourth-order valence-corrected chi connectivity index (χ4v) is 2.78. The molecule has 0 bridgehead atoms. The number of aromatic nitrogens is 2. The van der Waals surface area contributed by atoms with E-state index in [4.69, 9.17) is 5.11 Å². The Balaban J connectivity index is 2.16. The molecule has 14 heavy (non-hydrogen) atoms. The fourth-order valence-electron chi connectivity index (χ4n) is 1.36. The molecule has 0 radical (unpaired) electrons. The minimum atomic E-state index is -2.89. The van der Waals surface area contributed by atoms with Gasteiger partial charge in [-0.3, -0.25) is 0 Å². The van der Waals surface area contributed by atoms with Gasteiger partial charge in [0, 0.05) is 6.20 Å². The maximum atomic E-state index is 10.9. The summed E-state index contributed by atoms with van der Waals surface area (Å²) in [4.78, 5) is 14.1. The number of hydrogen-bond acceptors (Lipinski definition) is 4. The molecule has 0 atom stereocenters. The molecule has 0 aliphatic carbocycles. The number of hydrogen-bond donors (Lipinski definition) is 1. The van der Waals surface area contributed by atoms with Crippen molar-refractivity contribution in [1.29, 1.82) is 0 Å². The molecule has 0 spiro atoms. The number of carboxylic acids is 1. The van der Waals surface area contributed by atoms with Crippen LogP contribution in [0.15, 0.2) is 12.5 Å². The molecule has 1 N–H and O–H groups in total. The lowest BCUT2D eigenvalue weighted by atomic mass is 10.3. The van der Waals surface area contributed by atoms with Gasteiger partial charge in [0.15, 0.2) is 15.5 Å². The molecular formula is C7H8N2O4S. The van der Waals surface area contributed by atoms with Gasteiger partial charge < -0.3 is 9.67 Å².